The molecule has 0 radical (unpaired) electrons. The van der Waals surface area contributed by atoms with E-state index in [2.05, 4.69) is 5.10 Å². The SMILES string of the molecule is OC[C@H](O)[C@H](O)[C@@H](O)[C@H](O)C=NN(Cc1ccccc1)c1ccccc1. The molecular weight excluding hydrogens is 336 g/mol. The number of aliphatic hydroxyl groups is 5. The van der Waals surface area contributed by atoms with E-state index in [1.54, 1.807) is 5.01 Å². The lowest BCUT2D eigenvalue weighted by molar-refractivity contribution is -0.0999. The first kappa shape index (κ1) is 20.0. The van der Waals surface area contributed by atoms with Crippen molar-refractivity contribution in [1.29, 1.82) is 0 Å². The number of rotatable bonds is 9. The highest BCUT2D eigenvalue weighted by Crippen LogP contribution is 2.17. The van der Waals surface area contributed by atoms with Crippen LogP contribution in [0.5, 0.6) is 0 Å². The van der Waals surface area contributed by atoms with Crippen LogP contribution in [0, 0.1) is 0 Å². The lowest BCUT2D eigenvalue weighted by atomic mass is 10.0. The summed E-state index contributed by atoms with van der Waals surface area (Å²) in [6, 6.07) is 18.9. The van der Waals surface area contributed by atoms with Gasteiger partial charge in [-0.2, -0.15) is 5.10 Å². The second-order valence-corrected chi connectivity index (χ2v) is 5.87. The summed E-state index contributed by atoms with van der Waals surface area (Å²) in [7, 11) is 0. The summed E-state index contributed by atoms with van der Waals surface area (Å²) >= 11 is 0. The minimum absolute atomic E-state index is 0.436. The Balaban J connectivity index is 2.14. The average molecular weight is 360 g/mol. The highest BCUT2D eigenvalue weighted by atomic mass is 16.4. The molecule has 7 nitrogen and oxygen atoms in total. The maximum Gasteiger partial charge on any atom is 0.119 e. The summed E-state index contributed by atoms with van der Waals surface area (Å²) in [4.78, 5) is 0. The number of para-hydroxylation sites is 1. The summed E-state index contributed by atoms with van der Waals surface area (Å²) in [5, 5.41) is 53.6. The second-order valence-electron chi connectivity index (χ2n) is 5.87. The Bertz CT molecular complexity index is 668. The van der Waals surface area contributed by atoms with Crippen LogP contribution in [0.4, 0.5) is 5.69 Å². The molecule has 0 unspecified atom stereocenters. The fraction of sp³-hybridized carbons (Fsp3) is 0.316. The van der Waals surface area contributed by atoms with Crippen molar-refractivity contribution in [3.8, 4) is 0 Å². The van der Waals surface area contributed by atoms with Gasteiger partial charge in [-0.25, -0.2) is 0 Å². The van der Waals surface area contributed by atoms with Crippen LogP contribution < -0.4 is 5.01 Å². The molecule has 0 aromatic heterocycles. The molecule has 5 N–H and O–H groups in total. The molecule has 0 saturated heterocycles. The van der Waals surface area contributed by atoms with Gasteiger partial charge in [-0.05, 0) is 17.7 Å². The van der Waals surface area contributed by atoms with Gasteiger partial charge in [-0.15, -0.1) is 0 Å². The van der Waals surface area contributed by atoms with Gasteiger partial charge in [0, 0.05) is 0 Å². The molecule has 0 aliphatic heterocycles. The van der Waals surface area contributed by atoms with Crippen LogP contribution in [0.1, 0.15) is 5.56 Å². The van der Waals surface area contributed by atoms with E-state index in [4.69, 9.17) is 5.11 Å². The predicted octanol–water partition coefficient (Wildman–Crippen LogP) is 0.115. The second kappa shape index (κ2) is 10.0. The van der Waals surface area contributed by atoms with Gasteiger partial charge in [0.2, 0.25) is 0 Å². The molecule has 0 amide bonds. The molecule has 0 spiro atoms. The van der Waals surface area contributed by atoms with Crippen LogP contribution in [-0.2, 0) is 6.54 Å². The minimum atomic E-state index is -1.69. The summed E-state index contributed by atoms with van der Waals surface area (Å²) in [5.74, 6) is 0. The first-order valence-electron chi connectivity index (χ1n) is 8.26. The van der Waals surface area contributed by atoms with Crippen molar-refractivity contribution < 1.29 is 25.5 Å². The number of hydrogen-bond donors (Lipinski definition) is 5. The van der Waals surface area contributed by atoms with Crippen molar-refractivity contribution in [3.05, 3.63) is 66.2 Å². The van der Waals surface area contributed by atoms with Crippen LogP contribution in [0.25, 0.3) is 0 Å². The molecule has 0 saturated carbocycles. The van der Waals surface area contributed by atoms with Crippen molar-refractivity contribution in [3.63, 3.8) is 0 Å². The molecule has 0 aliphatic carbocycles. The summed E-state index contributed by atoms with van der Waals surface area (Å²) < 4.78 is 0. The lowest BCUT2D eigenvalue weighted by Crippen LogP contribution is -2.46. The first-order valence-corrected chi connectivity index (χ1v) is 8.26. The molecule has 0 heterocycles. The van der Waals surface area contributed by atoms with Gasteiger partial charge in [0.15, 0.2) is 0 Å². The first-order chi connectivity index (χ1) is 12.5. The molecule has 4 atom stereocenters. The van der Waals surface area contributed by atoms with Crippen LogP contribution in [-0.4, -0.2) is 62.8 Å². The Kier molecular flexibility index (Phi) is 7.71. The van der Waals surface area contributed by atoms with E-state index in [0.29, 0.717) is 6.54 Å². The summed E-state index contributed by atoms with van der Waals surface area (Å²) in [6.45, 7) is -0.293. The normalized spacial score (nSPS) is 16.2. The van der Waals surface area contributed by atoms with E-state index < -0.39 is 31.0 Å². The Labute approximate surface area is 152 Å². The van der Waals surface area contributed by atoms with Crippen molar-refractivity contribution in [2.45, 2.75) is 31.0 Å². The Hall–Kier alpha value is -2.29. The molecule has 0 bridgehead atoms. The third-order valence-electron chi connectivity index (χ3n) is 3.87. The number of hydrazone groups is 1. The molecule has 2 aromatic rings. The number of anilines is 1. The van der Waals surface area contributed by atoms with E-state index in [9.17, 15) is 20.4 Å². The third-order valence-corrected chi connectivity index (χ3v) is 3.87. The van der Waals surface area contributed by atoms with Gasteiger partial charge in [0.05, 0.1) is 25.1 Å². The molecule has 140 valence electrons. The lowest BCUT2D eigenvalue weighted by Gasteiger charge is -2.24. The van der Waals surface area contributed by atoms with E-state index >= 15 is 0 Å². The van der Waals surface area contributed by atoms with Crippen molar-refractivity contribution >= 4 is 11.9 Å². The van der Waals surface area contributed by atoms with Gasteiger partial charge >= 0.3 is 0 Å². The van der Waals surface area contributed by atoms with E-state index in [1.807, 2.05) is 60.7 Å². The van der Waals surface area contributed by atoms with Gasteiger partial charge in [0.1, 0.15) is 24.4 Å². The standard InChI is InChI=1S/C19H24N2O5/c22-13-17(24)19(26)18(25)16(23)11-20-21(15-9-5-2-6-10-15)12-14-7-3-1-4-8-14/h1-11,16-19,22-26H,12-13H2/t16-,17+,18+,19+/m1/s1. The van der Waals surface area contributed by atoms with Crippen LogP contribution in [0.2, 0.25) is 0 Å². The largest absolute Gasteiger partial charge is 0.394 e. The quantitative estimate of drug-likeness (QED) is 0.320. The number of hydrogen-bond acceptors (Lipinski definition) is 7. The van der Waals surface area contributed by atoms with Crippen molar-refractivity contribution in [2.24, 2.45) is 5.10 Å². The molecule has 0 aliphatic rings. The number of aliphatic hydroxyl groups excluding tert-OH is 5. The third kappa shape index (κ3) is 5.62. The maximum absolute atomic E-state index is 10.0. The number of benzene rings is 2. The van der Waals surface area contributed by atoms with E-state index in [-0.39, 0.29) is 0 Å². The highest BCUT2D eigenvalue weighted by Gasteiger charge is 2.29. The van der Waals surface area contributed by atoms with E-state index in [1.165, 1.54) is 0 Å². The fourth-order valence-corrected chi connectivity index (χ4v) is 2.33. The zero-order valence-electron chi connectivity index (χ0n) is 14.2. The smallest absolute Gasteiger partial charge is 0.119 e. The topological polar surface area (TPSA) is 117 Å². The highest BCUT2D eigenvalue weighted by molar-refractivity contribution is 5.66. The Morgan fingerprint density at radius 1 is 0.846 bits per heavy atom. The average Bonchev–Trinajstić information content (AvgIpc) is 2.70. The van der Waals surface area contributed by atoms with Crippen molar-refractivity contribution in [2.75, 3.05) is 11.6 Å². The van der Waals surface area contributed by atoms with E-state index in [0.717, 1.165) is 17.5 Å². The summed E-state index contributed by atoms with van der Waals surface area (Å²) in [5.41, 5.74) is 1.78. The van der Waals surface area contributed by atoms with Gasteiger partial charge in [-0.1, -0.05) is 48.5 Å². The predicted molar refractivity (Wildman–Crippen MR) is 98.7 cm³/mol. The van der Waals surface area contributed by atoms with Gasteiger partial charge in [-0.3, -0.25) is 5.01 Å². The zero-order valence-corrected chi connectivity index (χ0v) is 14.2. The summed E-state index contributed by atoms with van der Waals surface area (Å²) in [6.07, 6.45) is -5.36. The van der Waals surface area contributed by atoms with Gasteiger partial charge in [0.25, 0.3) is 0 Å². The Morgan fingerprint density at radius 2 is 1.42 bits per heavy atom. The molecule has 26 heavy (non-hydrogen) atoms. The fourth-order valence-electron chi connectivity index (χ4n) is 2.33. The van der Waals surface area contributed by atoms with Crippen LogP contribution >= 0.6 is 0 Å². The molecule has 2 rings (SSSR count). The minimum Gasteiger partial charge on any atom is -0.394 e. The molecule has 2 aromatic carbocycles. The molecule has 7 heteroatoms. The molecular formula is C19H24N2O5. The monoisotopic (exact) mass is 360 g/mol. The van der Waals surface area contributed by atoms with Gasteiger partial charge < -0.3 is 25.5 Å². The number of nitrogens with zero attached hydrogens (tertiary/aromatic N) is 2. The van der Waals surface area contributed by atoms with Crippen LogP contribution in [0.3, 0.4) is 0 Å². The zero-order chi connectivity index (χ0) is 18.9. The van der Waals surface area contributed by atoms with Crippen LogP contribution in [0.15, 0.2) is 65.8 Å². The van der Waals surface area contributed by atoms with Crippen molar-refractivity contribution in [1.82, 2.24) is 0 Å². The molecule has 0 fully saturated rings. The Morgan fingerprint density at radius 3 is 2.00 bits per heavy atom. The maximum atomic E-state index is 10.0.